The molecule has 11 nitrogen and oxygen atoms in total. The second-order valence-corrected chi connectivity index (χ2v) is 7.34. The zero-order chi connectivity index (χ0) is 24.5. The maximum atomic E-state index is 12.6. The maximum Gasteiger partial charge on any atom is 0.271 e. The summed E-state index contributed by atoms with van der Waals surface area (Å²) in [4.78, 5) is 47.6. The van der Waals surface area contributed by atoms with Crippen LogP contribution in [0.15, 0.2) is 78.9 Å². The molecule has 3 rings (SSSR count). The SMILES string of the molecule is O=C(CN(CC(=O)Nc1cccc([N+](=O)[O-])c1)Cc1ccccc1)Nc1cccc([N+](=O)[O-])c1. The highest BCUT2D eigenvalue weighted by atomic mass is 16.6. The van der Waals surface area contributed by atoms with Gasteiger partial charge in [-0.25, -0.2) is 0 Å². The summed E-state index contributed by atoms with van der Waals surface area (Å²) in [6, 6.07) is 20.3. The monoisotopic (exact) mass is 463 g/mol. The Bertz CT molecular complexity index is 1130. The van der Waals surface area contributed by atoms with E-state index in [0.717, 1.165) is 5.56 Å². The third-order valence-electron chi connectivity index (χ3n) is 4.66. The highest BCUT2D eigenvalue weighted by Gasteiger charge is 2.17. The number of hydrogen-bond acceptors (Lipinski definition) is 7. The first kappa shape index (κ1) is 24.0. The molecule has 34 heavy (non-hydrogen) atoms. The minimum Gasteiger partial charge on any atom is -0.325 e. The average molecular weight is 463 g/mol. The van der Waals surface area contributed by atoms with Crippen LogP contribution in [0, 0.1) is 20.2 Å². The van der Waals surface area contributed by atoms with Crippen LogP contribution in [0.2, 0.25) is 0 Å². The van der Waals surface area contributed by atoms with Crippen molar-refractivity contribution >= 4 is 34.6 Å². The summed E-state index contributed by atoms with van der Waals surface area (Å²) in [7, 11) is 0. The molecule has 0 aliphatic carbocycles. The lowest BCUT2D eigenvalue weighted by Crippen LogP contribution is -2.38. The molecule has 0 aliphatic rings. The van der Waals surface area contributed by atoms with Crippen LogP contribution >= 0.6 is 0 Å². The summed E-state index contributed by atoms with van der Waals surface area (Å²) in [6.45, 7) is -0.0502. The molecule has 11 heteroatoms. The van der Waals surface area contributed by atoms with Crippen molar-refractivity contribution in [3.63, 3.8) is 0 Å². The summed E-state index contributed by atoms with van der Waals surface area (Å²) < 4.78 is 0. The Morgan fingerprint density at radius 1 is 0.706 bits per heavy atom. The predicted octanol–water partition coefficient (Wildman–Crippen LogP) is 3.58. The number of benzene rings is 3. The molecule has 2 amide bonds. The number of carbonyl (C=O) groups is 2. The number of amides is 2. The fourth-order valence-electron chi connectivity index (χ4n) is 3.21. The van der Waals surface area contributed by atoms with Crippen molar-refractivity contribution in [1.29, 1.82) is 0 Å². The van der Waals surface area contributed by atoms with Gasteiger partial charge in [-0.2, -0.15) is 0 Å². The summed E-state index contributed by atoms with van der Waals surface area (Å²) >= 11 is 0. The van der Waals surface area contributed by atoms with Gasteiger partial charge in [-0.3, -0.25) is 34.7 Å². The number of anilines is 2. The first-order chi connectivity index (χ1) is 16.3. The van der Waals surface area contributed by atoms with Gasteiger partial charge < -0.3 is 10.6 Å². The quantitative estimate of drug-likeness (QED) is 0.345. The fourth-order valence-corrected chi connectivity index (χ4v) is 3.21. The normalized spacial score (nSPS) is 10.5. The van der Waals surface area contributed by atoms with Crippen LogP contribution in [0.5, 0.6) is 0 Å². The highest BCUT2D eigenvalue weighted by Crippen LogP contribution is 2.18. The van der Waals surface area contributed by atoms with Crippen LogP contribution in [0.25, 0.3) is 0 Å². The lowest BCUT2D eigenvalue weighted by Gasteiger charge is -2.21. The summed E-state index contributed by atoms with van der Waals surface area (Å²) in [5, 5.41) is 27.1. The predicted molar refractivity (Wildman–Crippen MR) is 125 cm³/mol. The Morgan fingerprint density at radius 3 is 1.62 bits per heavy atom. The number of nitro benzene ring substituents is 2. The minimum atomic E-state index is -0.560. The fraction of sp³-hybridized carbons (Fsp3) is 0.130. The van der Waals surface area contributed by atoms with E-state index in [2.05, 4.69) is 10.6 Å². The van der Waals surface area contributed by atoms with Crippen LogP contribution in [-0.4, -0.2) is 39.7 Å². The molecule has 0 saturated heterocycles. The number of carbonyl (C=O) groups excluding carboxylic acids is 2. The number of nitrogens with zero attached hydrogens (tertiary/aromatic N) is 3. The molecule has 0 radical (unpaired) electrons. The van der Waals surface area contributed by atoms with Gasteiger partial charge in [-0.05, 0) is 17.7 Å². The van der Waals surface area contributed by atoms with E-state index in [-0.39, 0.29) is 42.4 Å². The van der Waals surface area contributed by atoms with Crippen LogP contribution in [0.3, 0.4) is 0 Å². The molecule has 2 N–H and O–H groups in total. The van der Waals surface area contributed by atoms with E-state index < -0.39 is 21.7 Å². The summed E-state index contributed by atoms with van der Waals surface area (Å²) in [5.74, 6) is -0.917. The van der Waals surface area contributed by atoms with E-state index in [1.807, 2.05) is 30.3 Å². The minimum absolute atomic E-state index is 0.157. The van der Waals surface area contributed by atoms with Gasteiger partial charge in [0.1, 0.15) is 0 Å². The molecule has 174 valence electrons. The van der Waals surface area contributed by atoms with Gasteiger partial charge in [0.2, 0.25) is 11.8 Å². The number of nitrogens with one attached hydrogen (secondary N) is 2. The van der Waals surface area contributed by atoms with Gasteiger partial charge in [0.05, 0.1) is 22.9 Å². The lowest BCUT2D eigenvalue weighted by molar-refractivity contribution is -0.385. The molecule has 0 aromatic heterocycles. The van der Waals surface area contributed by atoms with Gasteiger partial charge in [-0.1, -0.05) is 42.5 Å². The topological polar surface area (TPSA) is 148 Å². The van der Waals surface area contributed by atoms with E-state index in [1.54, 1.807) is 4.90 Å². The van der Waals surface area contributed by atoms with Crippen LogP contribution in [-0.2, 0) is 16.1 Å². The highest BCUT2D eigenvalue weighted by molar-refractivity contribution is 5.95. The van der Waals surface area contributed by atoms with Crippen molar-refractivity contribution in [3.8, 4) is 0 Å². The van der Waals surface area contributed by atoms with Crippen LogP contribution in [0.1, 0.15) is 5.56 Å². The van der Waals surface area contributed by atoms with Crippen molar-refractivity contribution in [1.82, 2.24) is 4.90 Å². The number of non-ortho nitro benzene ring substituents is 2. The Hall–Kier alpha value is -4.64. The molecule has 0 fully saturated rings. The number of rotatable bonds is 10. The Balaban J connectivity index is 1.69. The van der Waals surface area contributed by atoms with E-state index >= 15 is 0 Å². The molecule has 0 saturated carbocycles. The largest absolute Gasteiger partial charge is 0.325 e. The molecular weight excluding hydrogens is 442 g/mol. The molecule has 0 unspecified atom stereocenters. The van der Waals surface area contributed by atoms with Crippen molar-refractivity contribution in [3.05, 3.63) is 105 Å². The smallest absolute Gasteiger partial charge is 0.271 e. The number of hydrogen-bond donors (Lipinski definition) is 2. The van der Waals surface area contributed by atoms with E-state index in [0.29, 0.717) is 0 Å². The third kappa shape index (κ3) is 7.21. The Kier molecular flexibility index (Phi) is 7.97. The summed E-state index contributed by atoms with van der Waals surface area (Å²) in [5.41, 5.74) is 1.08. The van der Waals surface area contributed by atoms with E-state index in [9.17, 15) is 29.8 Å². The third-order valence-corrected chi connectivity index (χ3v) is 4.66. The van der Waals surface area contributed by atoms with Gasteiger partial charge in [0.25, 0.3) is 11.4 Å². The Morgan fingerprint density at radius 2 is 1.18 bits per heavy atom. The van der Waals surface area contributed by atoms with E-state index in [1.165, 1.54) is 48.5 Å². The van der Waals surface area contributed by atoms with Crippen molar-refractivity contribution in [2.45, 2.75) is 6.54 Å². The second-order valence-electron chi connectivity index (χ2n) is 7.34. The molecule has 0 heterocycles. The van der Waals surface area contributed by atoms with Crippen molar-refractivity contribution in [2.75, 3.05) is 23.7 Å². The number of nitro groups is 2. The lowest BCUT2D eigenvalue weighted by atomic mass is 10.2. The molecule has 0 aliphatic heterocycles. The summed E-state index contributed by atoms with van der Waals surface area (Å²) in [6.07, 6.45) is 0. The van der Waals surface area contributed by atoms with Crippen molar-refractivity contribution < 1.29 is 19.4 Å². The molecule has 0 bridgehead atoms. The maximum absolute atomic E-state index is 12.6. The standard InChI is InChI=1S/C23H21N5O6/c29-22(24-18-8-4-10-20(12-18)27(31)32)15-26(14-17-6-2-1-3-7-17)16-23(30)25-19-9-5-11-21(13-19)28(33)34/h1-13H,14-16H2,(H,24,29)(H,25,30). The molecule has 0 atom stereocenters. The van der Waals surface area contributed by atoms with Crippen LogP contribution in [0.4, 0.5) is 22.7 Å². The average Bonchev–Trinajstić information content (AvgIpc) is 2.79. The van der Waals surface area contributed by atoms with E-state index in [4.69, 9.17) is 0 Å². The second kappa shape index (κ2) is 11.3. The van der Waals surface area contributed by atoms with Gasteiger partial charge >= 0.3 is 0 Å². The van der Waals surface area contributed by atoms with Gasteiger partial charge in [0.15, 0.2) is 0 Å². The molecule has 0 spiro atoms. The van der Waals surface area contributed by atoms with Crippen molar-refractivity contribution in [2.24, 2.45) is 0 Å². The Labute approximate surface area is 194 Å². The molecule has 3 aromatic rings. The first-order valence-corrected chi connectivity index (χ1v) is 10.1. The molecular formula is C23H21N5O6. The first-order valence-electron chi connectivity index (χ1n) is 10.1. The van der Waals surface area contributed by atoms with Crippen LogP contribution < -0.4 is 10.6 Å². The zero-order valence-electron chi connectivity index (χ0n) is 17.9. The molecule has 3 aromatic carbocycles. The van der Waals surface area contributed by atoms with Gasteiger partial charge in [0, 0.05) is 42.2 Å². The zero-order valence-corrected chi connectivity index (χ0v) is 17.9. The van der Waals surface area contributed by atoms with Gasteiger partial charge in [-0.15, -0.1) is 0 Å².